The summed E-state index contributed by atoms with van der Waals surface area (Å²) in [5.74, 6) is 0.854. The Balaban J connectivity index is 1.67. The second-order valence-corrected chi connectivity index (χ2v) is 6.73. The van der Waals surface area contributed by atoms with Crippen molar-refractivity contribution in [1.82, 2.24) is 9.78 Å². The highest BCUT2D eigenvalue weighted by Gasteiger charge is 2.20. The van der Waals surface area contributed by atoms with Crippen molar-refractivity contribution in [1.29, 1.82) is 0 Å². The summed E-state index contributed by atoms with van der Waals surface area (Å²) >= 11 is 0. The third kappa shape index (κ3) is 3.37. The van der Waals surface area contributed by atoms with Crippen LogP contribution in [0.1, 0.15) is 21.8 Å². The number of carbonyl (C=O) groups is 1. The Hall–Kier alpha value is -4.14. The molecule has 0 unspecified atom stereocenters. The average molecular weight is 406 g/mol. The van der Waals surface area contributed by atoms with Crippen molar-refractivity contribution in [3.63, 3.8) is 0 Å². The van der Waals surface area contributed by atoms with E-state index in [1.165, 1.54) is 16.8 Å². The number of furan rings is 1. The molecule has 2 aromatic carbocycles. The molecule has 152 valence electrons. The van der Waals surface area contributed by atoms with E-state index in [1.807, 2.05) is 6.07 Å². The van der Waals surface area contributed by atoms with Gasteiger partial charge in [0.2, 0.25) is 0 Å². The first kappa shape index (κ1) is 19.2. The van der Waals surface area contributed by atoms with Gasteiger partial charge in [-0.05, 0) is 44.2 Å². The topological polar surface area (TPSA) is 112 Å². The van der Waals surface area contributed by atoms with E-state index < -0.39 is 10.8 Å². The number of non-ortho nitro benzene ring substituents is 1. The van der Waals surface area contributed by atoms with Gasteiger partial charge in [-0.25, -0.2) is 4.68 Å². The molecule has 30 heavy (non-hydrogen) atoms. The Morgan fingerprint density at radius 3 is 2.57 bits per heavy atom. The number of anilines is 1. The number of benzene rings is 2. The molecule has 0 atom stereocenters. The summed E-state index contributed by atoms with van der Waals surface area (Å²) in [4.78, 5) is 23.3. The summed E-state index contributed by atoms with van der Waals surface area (Å²) < 4.78 is 12.5. The molecule has 0 radical (unpaired) electrons. The molecular weight excluding hydrogens is 388 g/mol. The predicted octanol–water partition coefficient (Wildman–Crippen LogP) is 4.40. The maximum Gasteiger partial charge on any atom is 0.292 e. The average Bonchev–Trinajstić information content (AvgIpc) is 3.27. The largest absolute Gasteiger partial charge is 0.497 e. The van der Waals surface area contributed by atoms with Crippen LogP contribution in [0.2, 0.25) is 0 Å². The molecule has 4 aromatic rings. The van der Waals surface area contributed by atoms with E-state index in [4.69, 9.17) is 9.15 Å². The molecular formula is C21H18N4O5. The number of nitrogens with one attached hydrogen (secondary N) is 1. The maximum absolute atomic E-state index is 12.9. The van der Waals surface area contributed by atoms with Crippen LogP contribution in [-0.4, -0.2) is 27.7 Å². The summed E-state index contributed by atoms with van der Waals surface area (Å²) in [6, 6.07) is 12.9. The summed E-state index contributed by atoms with van der Waals surface area (Å²) in [5.41, 5.74) is 2.50. The predicted molar refractivity (Wildman–Crippen MR) is 110 cm³/mol. The van der Waals surface area contributed by atoms with Crippen molar-refractivity contribution in [3.8, 4) is 11.4 Å². The highest BCUT2D eigenvalue weighted by atomic mass is 16.6. The minimum absolute atomic E-state index is 0.0263. The molecule has 4 rings (SSSR count). The van der Waals surface area contributed by atoms with E-state index in [2.05, 4.69) is 10.4 Å². The summed E-state index contributed by atoms with van der Waals surface area (Å²) in [7, 11) is 1.58. The highest BCUT2D eigenvalue weighted by molar-refractivity contribution is 6.06. The molecule has 2 heterocycles. The van der Waals surface area contributed by atoms with Crippen LogP contribution in [0, 0.1) is 24.0 Å². The molecule has 0 saturated carbocycles. The van der Waals surface area contributed by atoms with E-state index >= 15 is 0 Å². The van der Waals surface area contributed by atoms with Gasteiger partial charge < -0.3 is 14.5 Å². The SMILES string of the molecule is COc1ccc2oc(C(=O)Nc3cc(C)nn3-c3ccc([N+](=O)[O-])cc3)c(C)c2c1. The lowest BCUT2D eigenvalue weighted by Gasteiger charge is -2.08. The molecule has 1 N–H and O–H groups in total. The second-order valence-electron chi connectivity index (χ2n) is 6.73. The number of amides is 1. The number of rotatable bonds is 5. The first-order valence-corrected chi connectivity index (χ1v) is 9.07. The maximum atomic E-state index is 12.9. The van der Waals surface area contributed by atoms with Crippen molar-refractivity contribution in [2.45, 2.75) is 13.8 Å². The van der Waals surface area contributed by atoms with Crippen LogP contribution in [-0.2, 0) is 0 Å². The van der Waals surface area contributed by atoms with Gasteiger partial charge in [0.1, 0.15) is 17.2 Å². The van der Waals surface area contributed by atoms with Gasteiger partial charge in [0.05, 0.1) is 23.4 Å². The van der Waals surface area contributed by atoms with Gasteiger partial charge in [0, 0.05) is 29.1 Å². The number of hydrogen-bond acceptors (Lipinski definition) is 6. The van der Waals surface area contributed by atoms with E-state index in [9.17, 15) is 14.9 Å². The summed E-state index contributed by atoms with van der Waals surface area (Å²) in [6.07, 6.45) is 0. The van der Waals surface area contributed by atoms with Gasteiger partial charge in [-0.2, -0.15) is 5.10 Å². The smallest absolute Gasteiger partial charge is 0.292 e. The third-order valence-electron chi connectivity index (χ3n) is 4.73. The van der Waals surface area contributed by atoms with Crippen LogP contribution in [0.4, 0.5) is 11.5 Å². The zero-order valence-electron chi connectivity index (χ0n) is 16.5. The molecule has 9 nitrogen and oxygen atoms in total. The Labute approximate surface area is 171 Å². The molecule has 0 aliphatic carbocycles. The number of nitro benzene ring substituents is 1. The van der Waals surface area contributed by atoms with Gasteiger partial charge in [0.25, 0.3) is 11.6 Å². The molecule has 0 aliphatic heterocycles. The van der Waals surface area contributed by atoms with Crippen molar-refractivity contribution in [3.05, 3.63) is 75.7 Å². The molecule has 0 spiro atoms. The molecule has 9 heteroatoms. The van der Waals surface area contributed by atoms with Crippen molar-refractivity contribution in [2.75, 3.05) is 12.4 Å². The van der Waals surface area contributed by atoms with E-state index in [-0.39, 0.29) is 11.4 Å². The number of ether oxygens (including phenoxy) is 1. The van der Waals surface area contributed by atoms with Gasteiger partial charge in [-0.3, -0.25) is 14.9 Å². The molecule has 0 fully saturated rings. The minimum Gasteiger partial charge on any atom is -0.497 e. The number of fused-ring (bicyclic) bond motifs is 1. The van der Waals surface area contributed by atoms with Crippen molar-refractivity contribution < 1.29 is 18.9 Å². The van der Waals surface area contributed by atoms with Crippen LogP contribution in [0.5, 0.6) is 5.75 Å². The van der Waals surface area contributed by atoms with E-state index in [0.29, 0.717) is 34.1 Å². The van der Waals surface area contributed by atoms with Crippen LogP contribution in [0.3, 0.4) is 0 Å². The number of carbonyl (C=O) groups excluding carboxylic acids is 1. The van der Waals surface area contributed by atoms with Crippen LogP contribution in [0.15, 0.2) is 52.9 Å². The Bertz CT molecular complexity index is 1270. The molecule has 0 bridgehead atoms. The zero-order chi connectivity index (χ0) is 21.4. The molecule has 0 aliphatic rings. The van der Waals surface area contributed by atoms with Crippen molar-refractivity contribution >= 4 is 28.4 Å². The quantitative estimate of drug-likeness (QED) is 0.388. The third-order valence-corrected chi connectivity index (χ3v) is 4.73. The van der Waals surface area contributed by atoms with Gasteiger partial charge in [-0.1, -0.05) is 0 Å². The number of methoxy groups -OCH3 is 1. The number of aryl methyl sites for hydroxylation is 2. The monoisotopic (exact) mass is 406 g/mol. The number of nitro groups is 1. The normalized spacial score (nSPS) is 10.9. The van der Waals surface area contributed by atoms with Crippen LogP contribution in [0.25, 0.3) is 16.7 Å². The number of nitrogens with zero attached hydrogens (tertiary/aromatic N) is 3. The standard InChI is InChI=1S/C21H18N4O5/c1-12-10-19(24(23-12)14-4-6-15(7-5-14)25(27)28)22-21(26)20-13(2)17-11-16(29-3)8-9-18(17)30-20/h4-11H,1-3H3,(H,22,26). The molecule has 0 saturated heterocycles. The number of aromatic nitrogens is 2. The fraction of sp³-hybridized carbons (Fsp3) is 0.143. The lowest BCUT2D eigenvalue weighted by atomic mass is 10.1. The molecule has 2 aromatic heterocycles. The fourth-order valence-electron chi connectivity index (χ4n) is 3.22. The first-order chi connectivity index (χ1) is 14.4. The minimum atomic E-state index is -0.472. The Morgan fingerprint density at radius 1 is 1.17 bits per heavy atom. The Morgan fingerprint density at radius 2 is 1.90 bits per heavy atom. The second kappa shape index (κ2) is 7.36. The molecule has 1 amide bonds. The van der Waals surface area contributed by atoms with E-state index in [0.717, 1.165) is 5.39 Å². The summed E-state index contributed by atoms with van der Waals surface area (Å²) in [5, 5.41) is 18.9. The lowest BCUT2D eigenvalue weighted by molar-refractivity contribution is -0.384. The highest BCUT2D eigenvalue weighted by Crippen LogP contribution is 2.29. The van der Waals surface area contributed by atoms with Gasteiger partial charge in [0.15, 0.2) is 5.76 Å². The van der Waals surface area contributed by atoms with E-state index in [1.54, 1.807) is 51.3 Å². The zero-order valence-corrected chi connectivity index (χ0v) is 16.5. The fourth-order valence-corrected chi connectivity index (χ4v) is 3.22. The first-order valence-electron chi connectivity index (χ1n) is 9.07. The van der Waals surface area contributed by atoms with Crippen molar-refractivity contribution in [2.24, 2.45) is 0 Å². The lowest BCUT2D eigenvalue weighted by Crippen LogP contribution is -2.15. The number of hydrogen-bond donors (Lipinski definition) is 1. The summed E-state index contributed by atoms with van der Waals surface area (Å²) in [6.45, 7) is 3.59. The van der Waals surface area contributed by atoms with Gasteiger partial charge >= 0.3 is 0 Å². The van der Waals surface area contributed by atoms with Crippen LogP contribution >= 0.6 is 0 Å². The van der Waals surface area contributed by atoms with Crippen LogP contribution < -0.4 is 10.1 Å². The van der Waals surface area contributed by atoms with Gasteiger partial charge in [-0.15, -0.1) is 0 Å². The Kier molecular flexibility index (Phi) is 4.71.